The molecule has 0 saturated heterocycles. The second-order valence-corrected chi connectivity index (χ2v) is 5.72. The van der Waals surface area contributed by atoms with E-state index in [1.807, 2.05) is 13.8 Å². The SMILES string of the molecule is CCOc1ccc(C(=O)OCC(=O)Nc2ccc3c(c2)OCO3)cc1OCC. The van der Waals surface area contributed by atoms with Crippen LogP contribution in [0.25, 0.3) is 0 Å². The van der Waals surface area contributed by atoms with Gasteiger partial charge in [-0.2, -0.15) is 0 Å². The Morgan fingerprint density at radius 1 is 0.964 bits per heavy atom. The number of rotatable bonds is 8. The molecule has 0 saturated carbocycles. The predicted molar refractivity (Wildman–Crippen MR) is 100 cm³/mol. The van der Waals surface area contributed by atoms with Crippen LogP contribution in [0.1, 0.15) is 24.2 Å². The van der Waals surface area contributed by atoms with E-state index in [0.29, 0.717) is 41.9 Å². The third-order valence-electron chi connectivity index (χ3n) is 3.77. The van der Waals surface area contributed by atoms with Crippen LogP contribution < -0.4 is 24.3 Å². The smallest absolute Gasteiger partial charge is 0.338 e. The number of benzene rings is 2. The quantitative estimate of drug-likeness (QED) is 0.696. The molecule has 1 amide bonds. The molecule has 28 heavy (non-hydrogen) atoms. The summed E-state index contributed by atoms with van der Waals surface area (Å²) in [5, 5.41) is 2.64. The van der Waals surface area contributed by atoms with Gasteiger partial charge in [0.25, 0.3) is 5.91 Å². The molecule has 1 aliphatic heterocycles. The third-order valence-corrected chi connectivity index (χ3v) is 3.77. The molecule has 8 nitrogen and oxygen atoms in total. The zero-order valence-electron chi connectivity index (χ0n) is 15.7. The van der Waals surface area contributed by atoms with Gasteiger partial charge in [-0.15, -0.1) is 0 Å². The number of carbonyl (C=O) groups is 2. The number of fused-ring (bicyclic) bond motifs is 1. The Balaban J connectivity index is 1.57. The molecule has 0 radical (unpaired) electrons. The molecule has 0 spiro atoms. The maximum Gasteiger partial charge on any atom is 0.338 e. The van der Waals surface area contributed by atoms with Crippen molar-refractivity contribution in [2.45, 2.75) is 13.8 Å². The number of amides is 1. The van der Waals surface area contributed by atoms with Gasteiger partial charge in [0, 0.05) is 11.8 Å². The van der Waals surface area contributed by atoms with E-state index in [1.165, 1.54) is 6.07 Å². The molecule has 1 heterocycles. The molecule has 1 N–H and O–H groups in total. The van der Waals surface area contributed by atoms with Crippen LogP contribution in [0.4, 0.5) is 5.69 Å². The molecule has 2 aromatic carbocycles. The summed E-state index contributed by atoms with van der Waals surface area (Å²) in [4.78, 5) is 24.3. The van der Waals surface area contributed by atoms with Gasteiger partial charge >= 0.3 is 5.97 Å². The van der Waals surface area contributed by atoms with Crippen molar-refractivity contribution in [3.63, 3.8) is 0 Å². The van der Waals surface area contributed by atoms with Gasteiger partial charge in [-0.1, -0.05) is 0 Å². The average Bonchev–Trinajstić information content (AvgIpc) is 3.15. The molecule has 0 atom stereocenters. The monoisotopic (exact) mass is 387 g/mol. The Labute approximate surface area is 162 Å². The number of nitrogens with one attached hydrogen (secondary N) is 1. The molecule has 0 aliphatic carbocycles. The van der Waals surface area contributed by atoms with Gasteiger partial charge in [-0.05, 0) is 44.2 Å². The second-order valence-electron chi connectivity index (χ2n) is 5.72. The van der Waals surface area contributed by atoms with Crippen molar-refractivity contribution < 1.29 is 33.3 Å². The fraction of sp³-hybridized carbons (Fsp3) is 0.300. The van der Waals surface area contributed by atoms with Gasteiger partial charge < -0.3 is 29.0 Å². The van der Waals surface area contributed by atoms with Crippen LogP contribution in [0.3, 0.4) is 0 Å². The fourth-order valence-corrected chi connectivity index (χ4v) is 2.56. The van der Waals surface area contributed by atoms with Crippen LogP contribution in [0.5, 0.6) is 23.0 Å². The number of hydrogen-bond donors (Lipinski definition) is 1. The van der Waals surface area contributed by atoms with E-state index < -0.39 is 18.5 Å². The summed E-state index contributed by atoms with van der Waals surface area (Å²) in [5.41, 5.74) is 0.785. The lowest BCUT2D eigenvalue weighted by atomic mass is 10.2. The summed E-state index contributed by atoms with van der Waals surface area (Å²) >= 11 is 0. The minimum absolute atomic E-state index is 0.149. The molecule has 0 aromatic heterocycles. The lowest BCUT2D eigenvalue weighted by Gasteiger charge is -2.12. The Hall–Kier alpha value is -3.42. The maximum absolute atomic E-state index is 12.2. The van der Waals surface area contributed by atoms with Crippen LogP contribution in [0.15, 0.2) is 36.4 Å². The molecule has 148 valence electrons. The van der Waals surface area contributed by atoms with E-state index in [0.717, 1.165) is 0 Å². The summed E-state index contributed by atoms with van der Waals surface area (Å²) in [5.74, 6) is 1.05. The van der Waals surface area contributed by atoms with Gasteiger partial charge in [0.2, 0.25) is 6.79 Å². The highest BCUT2D eigenvalue weighted by Crippen LogP contribution is 2.34. The normalized spacial score (nSPS) is 11.6. The van der Waals surface area contributed by atoms with Crippen molar-refractivity contribution in [3.05, 3.63) is 42.0 Å². The summed E-state index contributed by atoms with van der Waals surface area (Å²) in [6, 6.07) is 9.74. The Morgan fingerprint density at radius 2 is 1.71 bits per heavy atom. The average molecular weight is 387 g/mol. The van der Waals surface area contributed by atoms with Crippen molar-refractivity contribution in [1.29, 1.82) is 0 Å². The first-order valence-corrected chi connectivity index (χ1v) is 8.87. The minimum Gasteiger partial charge on any atom is -0.490 e. The fourth-order valence-electron chi connectivity index (χ4n) is 2.56. The van der Waals surface area contributed by atoms with Crippen LogP contribution in [-0.2, 0) is 9.53 Å². The van der Waals surface area contributed by atoms with Crippen molar-refractivity contribution in [2.24, 2.45) is 0 Å². The molecule has 8 heteroatoms. The largest absolute Gasteiger partial charge is 0.490 e. The first kappa shape index (κ1) is 19.3. The Kier molecular flexibility index (Phi) is 6.21. The molecular formula is C20H21NO7. The first-order chi connectivity index (χ1) is 13.6. The predicted octanol–water partition coefficient (Wildman–Crippen LogP) is 3.01. The van der Waals surface area contributed by atoms with Gasteiger partial charge in [0.05, 0.1) is 18.8 Å². The zero-order valence-corrected chi connectivity index (χ0v) is 15.7. The molecule has 0 unspecified atom stereocenters. The van der Waals surface area contributed by atoms with Gasteiger partial charge in [-0.3, -0.25) is 4.79 Å². The molecule has 3 rings (SSSR count). The Bertz CT molecular complexity index is 866. The van der Waals surface area contributed by atoms with Crippen LogP contribution in [-0.4, -0.2) is 38.5 Å². The summed E-state index contributed by atoms with van der Waals surface area (Å²) in [7, 11) is 0. The maximum atomic E-state index is 12.2. The standard InChI is InChI=1S/C20H21NO7/c1-3-24-15-7-5-13(9-17(15)25-4-2)20(23)26-11-19(22)21-14-6-8-16-18(10-14)28-12-27-16/h5-10H,3-4,11-12H2,1-2H3,(H,21,22). The van der Waals surface area contributed by atoms with Crippen molar-refractivity contribution >= 4 is 17.6 Å². The van der Waals surface area contributed by atoms with E-state index in [1.54, 1.807) is 30.3 Å². The number of esters is 1. The van der Waals surface area contributed by atoms with Crippen molar-refractivity contribution in [3.8, 4) is 23.0 Å². The van der Waals surface area contributed by atoms with E-state index in [2.05, 4.69) is 5.32 Å². The van der Waals surface area contributed by atoms with Crippen LogP contribution in [0.2, 0.25) is 0 Å². The lowest BCUT2D eigenvalue weighted by Crippen LogP contribution is -2.21. The Morgan fingerprint density at radius 3 is 2.50 bits per heavy atom. The van der Waals surface area contributed by atoms with E-state index >= 15 is 0 Å². The second kappa shape index (κ2) is 8.98. The minimum atomic E-state index is -0.634. The van der Waals surface area contributed by atoms with Crippen LogP contribution >= 0.6 is 0 Å². The highest BCUT2D eigenvalue weighted by Gasteiger charge is 2.16. The van der Waals surface area contributed by atoms with Crippen LogP contribution in [0, 0.1) is 0 Å². The molecular weight excluding hydrogens is 366 g/mol. The molecule has 0 fully saturated rings. The number of anilines is 1. The third kappa shape index (κ3) is 4.64. The van der Waals surface area contributed by atoms with Gasteiger partial charge in [0.1, 0.15) is 0 Å². The number of carbonyl (C=O) groups excluding carboxylic acids is 2. The zero-order chi connectivity index (χ0) is 19.9. The van der Waals surface area contributed by atoms with Crippen molar-refractivity contribution in [1.82, 2.24) is 0 Å². The first-order valence-electron chi connectivity index (χ1n) is 8.87. The van der Waals surface area contributed by atoms with Gasteiger partial charge in [-0.25, -0.2) is 4.79 Å². The highest BCUT2D eigenvalue weighted by molar-refractivity contribution is 5.96. The number of ether oxygens (including phenoxy) is 5. The van der Waals surface area contributed by atoms with Gasteiger partial charge in [0.15, 0.2) is 29.6 Å². The number of hydrogen-bond acceptors (Lipinski definition) is 7. The lowest BCUT2D eigenvalue weighted by molar-refractivity contribution is -0.119. The highest BCUT2D eigenvalue weighted by atomic mass is 16.7. The van der Waals surface area contributed by atoms with E-state index in [4.69, 9.17) is 23.7 Å². The summed E-state index contributed by atoms with van der Waals surface area (Å²) in [6.45, 7) is 4.32. The van der Waals surface area contributed by atoms with Crippen molar-refractivity contribution in [2.75, 3.05) is 31.9 Å². The molecule has 2 aromatic rings. The topological polar surface area (TPSA) is 92.3 Å². The summed E-state index contributed by atoms with van der Waals surface area (Å²) < 4.78 is 26.5. The summed E-state index contributed by atoms with van der Waals surface area (Å²) in [6.07, 6.45) is 0. The molecule has 0 bridgehead atoms. The molecule has 1 aliphatic rings. The van der Waals surface area contributed by atoms with E-state index in [-0.39, 0.29) is 12.4 Å². The van der Waals surface area contributed by atoms with E-state index in [9.17, 15) is 9.59 Å².